The van der Waals surface area contributed by atoms with Gasteiger partial charge in [-0.05, 0) is 19.3 Å². The Morgan fingerprint density at radius 1 is 1.18 bits per heavy atom. The van der Waals surface area contributed by atoms with Crippen molar-refractivity contribution >= 4 is 5.96 Å². The maximum absolute atomic E-state index is 5.38. The Labute approximate surface area is 136 Å². The molecule has 0 bridgehead atoms. The van der Waals surface area contributed by atoms with Gasteiger partial charge >= 0.3 is 0 Å². The van der Waals surface area contributed by atoms with Gasteiger partial charge < -0.3 is 15.4 Å². The summed E-state index contributed by atoms with van der Waals surface area (Å²) in [6.07, 6.45) is 5.10. The number of nitrogens with one attached hydrogen (secondary N) is 2. The number of aliphatic imine (C=N–C) groups is 1. The Morgan fingerprint density at radius 3 is 2.59 bits per heavy atom. The van der Waals surface area contributed by atoms with Gasteiger partial charge in [-0.15, -0.1) is 0 Å². The molecule has 1 aliphatic heterocycles. The zero-order valence-corrected chi connectivity index (χ0v) is 14.9. The van der Waals surface area contributed by atoms with Crippen LogP contribution in [0.5, 0.6) is 0 Å². The van der Waals surface area contributed by atoms with Crippen molar-refractivity contribution < 1.29 is 4.74 Å². The molecule has 1 atom stereocenters. The number of rotatable bonds is 10. The normalized spacial score (nSPS) is 18.2. The van der Waals surface area contributed by atoms with Crippen molar-refractivity contribution in [1.82, 2.24) is 15.5 Å². The van der Waals surface area contributed by atoms with E-state index >= 15 is 0 Å². The minimum absolute atomic E-state index is 0.717. The molecule has 0 aromatic rings. The molecule has 5 heteroatoms. The van der Waals surface area contributed by atoms with Crippen molar-refractivity contribution in [3.05, 3.63) is 0 Å². The Hall–Kier alpha value is -0.810. The predicted octanol–water partition coefficient (Wildman–Crippen LogP) is 2.09. The number of guanidine groups is 1. The summed E-state index contributed by atoms with van der Waals surface area (Å²) in [7, 11) is 0. The van der Waals surface area contributed by atoms with Crippen LogP contribution in [0.4, 0.5) is 0 Å². The third-order valence-corrected chi connectivity index (χ3v) is 4.22. The fourth-order valence-corrected chi connectivity index (χ4v) is 2.64. The van der Waals surface area contributed by atoms with E-state index in [2.05, 4.69) is 36.3 Å². The van der Waals surface area contributed by atoms with Crippen LogP contribution in [0.25, 0.3) is 0 Å². The van der Waals surface area contributed by atoms with E-state index in [1.54, 1.807) is 0 Å². The van der Waals surface area contributed by atoms with Gasteiger partial charge in [0.2, 0.25) is 0 Å². The number of ether oxygens (including phenoxy) is 1. The van der Waals surface area contributed by atoms with E-state index in [1.807, 2.05) is 0 Å². The summed E-state index contributed by atoms with van der Waals surface area (Å²) in [5.74, 6) is 1.68. The highest BCUT2D eigenvalue weighted by atomic mass is 16.5. The molecule has 1 fully saturated rings. The molecule has 130 valence electrons. The zero-order valence-electron chi connectivity index (χ0n) is 14.9. The molecule has 1 heterocycles. The van der Waals surface area contributed by atoms with Crippen LogP contribution in [0, 0.1) is 5.92 Å². The maximum atomic E-state index is 5.38. The van der Waals surface area contributed by atoms with Crippen LogP contribution in [0.15, 0.2) is 4.99 Å². The summed E-state index contributed by atoms with van der Waals surface area (Å²) in [6, 6.07) is 0. The average Bonchev–Trinajstić information content (AvgIpc) is 2.56. The van der Waals surface area contributed by atoms with Gasteiger partial charge in [-0.25, -0.2) is 0 Å². The summed E-state index contributed by atoms with van der Waals surface area (Å²) >= 11 is 0. The van der Waals surface area contributed by atoms with Crippen LogP contribution in [0.3, 0.4) is 0 Å². The molecule has 0 aliphatic carbocycles. The molecule has 0 amide bonds. The first-order chi connectivity index (χ1) is 10.8. The Kier molecular flexibility index (Phi) is 11.1. The second-order valence-corrected chi connectivity index (χ2v) is 6.02. The van der Waals surface area contributed by atoms with E-state index in [4.69, 9.17) is 9.73 Å². The molecule has 5 nitrogen and oxygen atoms in total. The molecular weight excluding hydrogens is 276 g/mol. The molecule has 1 rings (SSSR count). The zero-order chi connectivity index (χ0) is 16.0. The van der Waals surface area contributed by atoms with Gasteiger partial charge in [-0.3, -0.25) is 9.89 Å². The summed E-state index contributed by atoms with van der Waals surface area (Å²) in [5, 5.41) is 6.81. The van der Waals surface area contributed by atoms with Crippen LogP contribution in [-0.2, 0) is 4.74 Å². The van der Waals surface area contributed by atoms with Crippen LogP contribution in [0.1, 0.15) is 46.5 Å². The molecule has 1 unspecified atom stereocenters. The van der Waals surface area contributed by atoms with E-state index < -0.39 is 0 Å². The molecule has 0 aromatic carbocycles. The lowest BCUT2D eigenvalue weighted by Gasteiger charge is -2.26. The number of nitrogens with zero attached hydrogens (tertiary/aromatic N) is 2. The van der Waals surface area contributed by atoms with E-state index in [1.165, 1.54) is 25.7 Å². The van der Waals surface area contributed by atoms with Gasteiger partial charge in [0, 0.05) is 39.3 Å². The van der Waals surface area contributed by atoms with Crippen molar-refractivity contribution in [2.24, 2.45) is 10.9 Å². The molecule has 2 N–H and O–H groups in total. The van der Waals surface area contributed by atoms with Gasteiger partial charge in [0.25, 0.3) is 0 Å². The molecule has 22 heavy (non-hydrogen) atoms. The monoisotopic (exact) mass is 312 g/mol. The standard InChI is InChI=1S/C17H36N4O/c1-4-7-8-16(5-2)15-20-17(18-6-3)19-9-10-21-11-13-22-14-12-21/h16H,4-15H2,1-3H3,(H2,18,19,20). The lowest BCUT2D eigenvalue weighted by molar-refractivity contribution is 0.0389. The van der Waals surface area contributed by atoms with Gasteiger partial charge in [0.15, 0.2) is 5.96 Å². The first-order valence-corrected chi connectivity index (χ1v) is 9.12. The first kappa shape index (κ1) is 19.2. The first-order valence-electron chi connectivity index (χ1n) is 9.12. The van der Waals surface area contributed by atoms with Crippen LogP contribution >= 0.6 is 0 Å². The lowest BCUT2D eigenvalue weighted by atomic mass is 10.00. The second kappa shape index (κ2) is 12.7. The van der Waals surface area contributed by atoms with Crippen molar-refractivity contribution in [2.75, 3.05) is 52.5 Å². The van der Waals surface area contributed by atoms with Crippen LogP contribution in [0.2, 0.25) is 0 Å². The molecule has 0 spiro atoms. The summed E-state index contributed by atoms with van der Waals surface area (Å²) in [5.41, 5.74) is 0. The van der Waals surface area contributed by atoms with Crippen molar-refractivity contribution in [3.63, 3.8) is 0 Å². The molecule has 1 aliphatic rings. The van der Waals surface area contributed by atoms with Crippen molar-refractivity contribution in [2.45, 2.75) is 46.5 Å². The second-order valence-electron chi connectivity index (χ2n) is 6.02. The van der Waals surface area contributed by atoms with Crippen molar-refractivity contribution in [3.8, 4) is 0 Å². The highest BCUT2D eigenvalue weighted by Crippen LogP contribution is 2.12. The van der Waals surface area contributed by atoms with Crippen molar-refractivity contribution in [1.29, 1.82) is 0 Å². The Balaban J connectivity index is 2.30. The fraction of sp³-hybridized carbons (Fsp3) is 0.941. The number of hydrogen-bond acceptors (Lipinski definition) is 3. The number of morpholine rings is 1. The average molecular weight is 313 g/mol. The predicted molar refractivity (Wildman–Crippen MR) is 94.5 cm³/mol. The van der Waals surface area contributed by atoms with E-state index in [0.717, 1.165) is 64.4 Å². The Morgan fingerprint density at radius 2 is 1.95 bits per heavy atom. The van der Waals surface area contributed by atoms with E-state index in [-0.39, 0.29) is 0 Å². The van der Waals surface area contributed by atoms with Gasteiger partial charge in [0.05, 0.1) is 13.2 Å². The molecular formula is C17H36N4O. The fourth-order valence-electron chi connectivity index (χ4n) is 2.64. The highest BCUT2D eigenvalue weighted by molar-refractivity contribution is 5.79. The third kappa shape index (κ3) is 8.59. The molecule has 0 aromatic heterocycles. The largest absolute Gasteiger partial charge is 0.379 e. The van der Waals surface area contributed by atoms with Crippen LogP contribution in [-0.4, -0.2) is 63.3 Å². The summed E-state index contributed by atoms with van der Waals surface area (Å²) < 4.78 is 5.38. The molecule has 1 saturated heterocycles. The quantitative estimate of drug-likeness (QED) is 0.479. The SMILES string of the molecule is CCCCC(CC)CN=C(NCC)NCCN1CCOCC1. The smallest absolute Gasteiger partial charge is 0.191 e. The van der Waals surface area contributed by atoms with Gasteiger partial charge in [-0.1, -0.05) is 33.1 Å². The lowest BCUT2D eigenvalue weighted by Crippen LogP contribution is -2.44. The number of unbranched alkanes of at least 4 members (excludes halogenated alkanes) is 1. The van der Waals surface area contributed by atoms with E-state index in [9.17, 15) is 0 Å². The van der Waals surface area contributed by atoms with Gasteiger partial charge in [-0.2, -0.15) is 0 Å². The molecule has 0 radical (unpaired) electrons. The maximum Gasteiger partial charge on any atom is 0.191 e. The summed E-state index contributed by atoms with van der Waals surface area (Å²) in [4.78, 5) is 7.21. The van der Waals surface area contributed by atoms with Gasteiger partial charge in [0.1, 0.15) is 0 Å². The third-order valence-electron chi connectivity index (χ3n) is 4.22. The Bertz CT molecular complexity index is 290. The topological polar surface area (TPSA) is 48.9 Å². The highest BCUT2D eigenvalue weighted by Gasteiger charge is 2.10. The minimum atomic E-state index is 0.717. The molecule has 0 saturated carbocycles. The minimum Gasteiger partial charge on any atom is -0.379 e. The summed E-state index contributed by atoms with van der Waals surface area (Å²) in [6.45, 7) is 14.3. The number of hydrogen-bond donors (Lipinski definition) is 2. The van der Waals surface area contributed by atoms with Crippen LogP contribution < -0.4 is 10.6 Å². The van der Waals surface area contributed by atoms with E-state index in [0.29, 0.717) is 0 Å².